The van der Waals surface area contributed by atoms with Crippen molar-refractivity contribution >= 4 is 34.2 Å². The minimum absolute atomic E-state index is 0.0187. The molecule has 0 aliphatic carbocycles. The van der Waals surface area contributed by atoms with Gasteiger partial charge in [0, 0.05) is 25.1 Å². The summed E-state index contributed by atoms with van der Waals surface area (Å²) in [7, 11) is 1.45. The number of hydrogen-bond acceptors (Lipinski definition) is 10. The minimum Gasteiger partial charge on any atom is -0.494 e. The molecule has 0 saturated carbocycles. The summed E-state index contributed by atoms with van der Waals surface area (Å²) in [6, 6.07) is 4.99. The van der Waals surface area contributed by atoms with Crippen molar-refractivity contribution in [3.8, 4) is 11.7 Å². The van der Waals surface area contributed by atoms with E-state index in [9.17, 15) is 13.6 Å². The number of hydrogen-bond donors (Lipinski definition) is 0. The van der Waals surface area contributed by atoms with Crippen molar-refractivity contribution in [1.82, 2.24) is 24.5 Å². The molecule has 13 heteroatoms. The number of carbonyl (C=O) groups excluding carboxylic acids is 1. The molecule has 0 spiro atoms. The second-order valence-electron chi connectivity index (χ2n) is 9.99. The number of alkyl halides is 2. The number of allylic oxidation sites excluding steroid dienone is 1. The summed E-state index contributed by atoms with van der Waals surface area (Å²) in [4.78, 5) is 37.0. The Bertz CT molecular complexity index is 1460. The van der Waals surface area contributed by atoms with Gasteiger partial charge in [0.25, 0.3) is 6.43 Å². The van der Waals surface area contributed by atoms with Gasteiger partial charge < -0.3 is 19.1 Å². The van der Waals surface area contributed by atoms with E-state index in [4.69, 9.17) is 14.2 Å². The molecule has 0 radical (unpaired) electrons. The lowest BCUT2D eigenvalue weighted by Gasteiger charge is -2.27. The SMILES string of the molecule is COc1cccc2c1nc(C(F)F)n2-c1nc(C2=CCN=C(C(=O)OC(C)(C)C)C2)nc(N2CCOCC2)n1. The Balaban J connectivity index is 1.62. The number of methoxy groups -OCH3 is 1. The first-order valence-corrected chi connectivity index (χ1v) is 12.5. The van der Waals surface area contributed by atoms with Crippen molar-refractivity contribution in [2.24, 2.45) is 4.99 Å². The third-order valence-corrected chi connectivity index (χ3v) is 6.09. The second-order valence-corrected chi connectivity index (χ2v) is 9.99. The van der Waals surface area contributed by atoms with Crippen LogP contribution in [0.3, 0.4) is 0 Å². The Kier molecular flexibility index (Phi) is 7.25. The molecule has 0 bridgehead atoms. The number of morpholine rings is 1. The minimum atomic E-state index is -2.91. The average molecular weight is 542 g/mol. The van der Waals surface area contributed by atoms with Crippen LogP contribution in [0.1, 0.15) is 45.3 Å². The molecule has 0 amide bonds. The van der Waals surface area contributed by atoms with E-state index in [2.05, 4.69) is 24.9 Å². The largest absolute Gasteiger partial charge is 0.494 e. The van der Waals surface area contributed by atoms with E-state index >= 15 is 0 Å². The quantitative estimate of drug-likeness (QED) is 0.432. The molecule has 5 rings (SSSR count). The smallest absolute Gasteiger partial charge is 0.353 e. The zero-order valence-corrected chi connectivity index (χ0v) is 22.1. The van der Waals surface area contributed by atoms with E-state index in [1.807, 2.05) is 4.90 Å². The third-order valence-electron chi connectivity index (χ3n) is 6.09. The van der Waals surface area contributed by atoms with Crippen LogP contribution in [-0.2, 0) is 14.3 Å². The van der Waals surface area contributed by atoms with Crippen LogP contribution < -0.4 is 9.64 Å². The number of fused-ring (bicyclic) bond motifs is 1. The fraction of sp³-hybridized carbons (Fsp3) is 0.462. The predicted molar refractivity (Wildman–Crippen MR) is 140 cm³/mol. The van der Waals surface area contributed by atoms with Gasteiger partial charge >= 0.3 is 5.97 Å². The molecule has 4 heterocycles. The van der Waals surface area contributed by atoms with Crippen molar-refractivity contribution in [2.45, 2.75) is 39.2 Å². The molecule has 39 heavy (non-hydrogen) atoms. The van der Waals surface area contributed by atoms with Gasteiger partial charge in [0.05, 0.1) is 32.4 Å². The average Bonchev–Trinajstić information content (AvgIpc) is 3.33. The van der Waals surface area contributed by atoms with Crippen LogP contribution in [-0.4, -0.2) is 81.7 Å². The second kappa shape index (κ2) is 10.6. The highest BCUT2D eigenvalue weighted by molar-refractivity contribution is 6.38. The molecule has 0 N–H and O–H groups in total. The normalized spacial score (nSPS) is 16.3. The monoisotopic (exact) mass is 541 g/mol. The number of esters is 1. The molecular formula is C26H29F2N7O4. The van der Waals surface area contributed by atoms with Gasteiger partial charge in [-0.05, 0) is 32.9 Å². The predicted octanol–water partition coefficient (Wildman–Crippen LogP) is 3.56. The maximum atomic E-state index is 14.3. The van der Waals surface area contributed by atoms with E-state index in [-0.39, 0.29) is 36.0 Å². The molecule has 0 unspecified atom stereocenters. The van der Waals surface area contributed by atoms with E-state index < -0.39 is 23.8 Å². The van der Waals surface area contributed by atoms with Gasteiger partial charge in [-0.2, -0.15) is 15.0 Å². The first-order valence-electron chi connectivity index (χ1n) is 12.5. The summed E-state index contributed by atoms with van der Waals surface area (Å²) in [6.07, 6.45) is -0.978. The van der Waals surface area contributed by atoms with Crippen molar-refractivity contribution in [3.05, 3.63) is 35.9 Å². The lowest BCUT2D eigenvalue weighted by Crippen LogP contribution is -2.38. The number of anilines is 1. The Labute approximate surface area is 223 Å². The summed E-state index contributed by atoms with van der Waals surface area (Å²) in [6.45, 7) is 7.56. The maximum Gasteiger partial charge on any atom is 0.353 e. The molecule has 1 fully saturated rings. The molecule has 2 aliphatic heterocycles. The molecule has 2 aliphatic rings. The van der Waals surface area contributed by atoms with Crippen molar-refractivity contribution in [2.75, 3.05) is 44.9 Å². The zero-order valence-electron chi connectivity index (χ0n) is 22.1. The van der Waals surface area contributed by atoms with Crippen LogP contribution >= 0.6 is 0 Å². The van der Waals surface area contributed by atoms with Gasteiger partial charge in [0.15, 0.2) is 11.6 Å². The fourth-order valence-corrected chi connectivity index (χ4v) is 4.33. The summed E-state index contributed by atoms with van der Waals surface area (Å²) in [5.41, 5.74) is 0.803. The van der Waals surface area contributed by atoms with E-state index in [1.54, 1.807) is 45.0 Å². The van der Waals surface area contributed by atoms with Gasteiger partial charge in [-0.15, -0.1) is 0 Å². The number of ether oxygens (including phenoxy) is 3. The highest BCUT2D eigenvalue weighted by Crippen LogP contribution is 2.32. The van der Waals surface area contributed by atoms with Crippen LogP contribution in [0.2, 0.25) is 0 Å². The standard InChI is InChI=1S/C26H29F2N7O4/c1-26(2,3)39-23(36)16-14-15(8-9-29-16)21-31-24(34-10-12-38-13-11-34)33-25(32-21)35-17-6-5-7-18(37-4)19(17)30-22(35)20(27)28/h5-8,20H,9-14H2,1-4H3. The highest BCUT2D eigenvalue weighted by Gasteiger charge is 2.28. The Morgan fingerprint density at radius 1 is 1.08 bits per heavy atom. The lowest BCUT2D eigenvalue weighted by molar-refractivity contribution is -0.146. The number of aliphatic imine (C=N–C) groups is 1. The van der Waals surface area contributed by atoms with Crippen LogP contribution in [0.15, 0.2) is 29.3 Å². The van der Waals surface area contributed by atoms with Crippen molar-refractivity contribution in [1.29, 1.82) is 0 Å². The maximum absolute atomic E-state index is 14.3. The van der Waals surface area contributed by atoms with Crippen LogP contribution in [0.4, 0.5) is 14.7 Å². The van der Waals surface area contributed by atoms with Crippen LogP contribution in [0.25, 0.3) is 22.6 Å². The molecule has 206 valence electrons. The van der Waals surface area contributed by atoms with E-state index in [1.165, 1.54) is 11.7 Å². The Morgan fingerprint density at radius 3 is 2.51 bits per heavy atom. The summed E-state index contributed by atoms with van der Waals surface area (Å²) >= 11 is 0. The zero-order chi connectivity index (χ0) is 27.7. The number of dihydropyridines is 1. The van der Waals surface area contributed by atoms with Gasteiger partial charge in [-0.1, -0.05) is 12.1 Å². The van der Waals surface area contributed by atoms with Crippen LogP contribution in [0, 0.1) is 0 Å². The number of nitrogens with zero attached hydrogens (tertiary/aromatic N) is 7. The summed E-state index contributed by atoms with van der Waals surface area (Å²) in [5, 5.41) is 0. The van der Waals surface area contributed by atoms with Crippen molar-refractivity contribution < 1.29 is 27.8 Å². The first-order chi connectivity index (χ1) is 18.6. The number of para-hydroxylation sites is 1. The van der Waals surface area contributed by atoms with Gasteiger partial charge in [-0.3, -0.25) is 9.56 Å². The number of rotatable bonds is 6. The molecule has 0 atom stereocenters. The molecule has 2 aromatic heterocycles. The van der Waals surface area contributed by atoms with Gasteiger partial charge in [0.2, 0.25) is 11.9 Å². The van der Waals surface area contributed by atoms with E-state index in [0.29, 0.717) is 49.1 Å². The lowest BCUT2D eigenvalue weighted by atomic mass is 10.0. The summed E-state index contributed by atoms with van der Waals surface area (Å²) in [5.74, 6) is -0.150. The van der Waals surface area contributed by atoms with Gasteiger partial charge in [-0.25, -0.2) is 18.6 Å². The molecule has 11 nitrogen and oxygen atoms in total. The molecular weight excluding hydrogens is 512 g/mol. The Morgan fingerprint density at radius 2 is 1.82 bits per heavy atom. The van der Waals surface area contributed by atoms with Crippen LogP contribution in [0.5, 0.6) is 5.75 Å². The molecule has 3 aromatic rings. The third kappa shape index (κ3) is 5.58. The molecule has 1 saturated heterocycles. The van der Waals surface area contributed by atoms with Crippen molar-refractivity contribution in [3.63, 3.8) is 0 Å². The fourth-order valence-electron chi connectivity index (χ4n) is 4.33. The van der Waals surface area contributed by atoms with Gasteiger partial charge in [0.1, 0.15) is 22.6 Å². The summed E-state index contributed by atoms with van der Waals surface area (Å²) < 4.78 is 46.1. The number of aromatic nitrogens is 5. The Hall–Kier alpha value is -4.00. The number of imidazole rings is 1. The number of carbonyl (C=O) groups is 1. The highest BCUT2D eigenvalue weighted by atomic mass is 19.3. The first kappa shape index (κ1) is 26.6. The van der Waals surface area contributed by atoms with E-state index in [0.717, 1.165) is 0 Å². The number of halogens is 2. The topological polar surface area (TPSA) is 117 Å². The number of benzene rings is 1. The molecule has 1 aromatic carbocycles.